The Labute approximate surface area is 194 Å². The fourth-order valence-electron chi connectivity index (χ4n) is 5.42. The lowest BCUT2D eigenvalue weighted by Crippen LogP contribution is -2.48. The smallest absolute Gasteiger partial charge is 0.426 e. The first-order chi connectivity index (χ1) is 15.9. The Morgan fingerprint density at radius 1 is 0.971 bits per heavy atom. The third-order valence-corrected chi connectivity index (χ3v) is 7.14. The van der Waals surface area contributed by atoms with Crippen LogP contribution in [0.5, 0.6) is 0 Å². The number of halogens is 6. The van der Waals surface area contributed by atoms with Gasteiger partial charge < -0.3 is 14.5 Å². The van der Waals surface area contributed by atoms with Gasteiger partial charge in [0.05, 0.1) is 0 Å². The van der Waals surface area contributed by atoms with Crippen LogP contribution in [0.1, 0.15) is 30.4 Å². The molecule has 3 aliphatic heterocycles. The summed E-state index contributed by atoms with van der Waals surface area (Å²) in [6.45, 7) is 6.38. The molecule has 0 radical (unpaired) electrons. The highest BCUT2D eigenvalue weighted by Gasteiger charge is 2.60. The predicted molar refractivity (Wildman–Crippen MR) is 113 cm³/mol. The van der Waals surface area contributed by atoms with Crippen molar-refractivity contribution >= 4 is 11.8 Å². The molecule has 190 valence electrons. The standard InChI is InChI=1S/C23H29F6N3O2/c1-15-16(6-5-7-19(15)31-8-3-2-4-9-31)10-30-11-17-13-32(14-18(17)12-30)21(33)34-20(22(24,25)26)23(27,28)29/h5-7,17-18,20H,2-4,8-14H2,1H3. The highest BCUT2D eigenvalue weighted by Crippen LogP contribution is 2.38. The van der Waals surface area contributed by atoms with Crippen molar-refractivity contribution in [3.63, 3.8) is 0 Å². The van der Waals surface area contributed by atoms with Crippen molar-refractivity contribution < 1.29 is 35.9 Å². The summed E-state index contributed by atoms with van der Waals surface area (Å²) in [7, 11) is 0. The number of hydrogen-bond donors (Lipinski definition) is 0. The highest BCUT2D eigenvalue weighted by molar-refractivity contribution is 5.68. The number of benzene rings is 1. The van der Waals surface area contributed by atoms with E-state index in [-0.39, 0.29) is 24.9 Å². The normalized spacial score (nSPS) is 24.1. The second kappa shape index (κ2) is 9.47. The largest absolute Gasteiger partial charge is 0.434 e. The third kappa shape index (κ3) is 5.39. The molecule has 5 nitrogen and oxygen atoms in total. The van der Waals surface area contributed by atoms with Crippen molar-refractivity contribution in [3.8, 4) is 0 Å². The zero-order valence-corrected chi connectivity index (χ0v) is 19.0. The van der Waals surface area contributed by atoms with Crippen molar-refractivity contribution in [1.82, 2.24) is 9.80 Å². The summed E-state index contributed by atoms with van der Waals surface area (Å²) in [5.74, 6) is -0.0123. The molecule has 4 rings (SSSR count). The Kier molecular flexibility index (Phi) is 6.94. The number of piperidine rings is 1. The molecule has 1 aromatic carbocycles. The van der Waals surface area contributed by atoms with E-state index in [1.54, 1.807) is 0 Å². The maximum atomic E-state index is 12.7. The van der Waals surface area contributed by atoms with E-state index < -0.39 is 24.5 Å². The molecule has 0 N–H and O–H groups in total. The fraction of sp³-hybridized carbons (Fsp3) is 0.696. The first-order valence-corrected chi connectivity index (χ1v) is 11.6. The Morgan fingerprint density at radius 3 is 2.12 bits per heavy atom. The lowest BCUT2D eigenvalue weighted by molar-refractivity contribution is -0.308. The van der Waals surface area contributed by atoms with Gasteiger partial charge in [-0.2, -0.15) is 26.3 Å². The number of nitrogens with zero attached hydrogens (tertiary/aromatic N) is 3. The number of carbonyl (C=O) groups is 1. The Balaban J connectivity index is 1.33. The molecule has 11 heteroatoms. The summed E-state index contributed by atoms with van der Waals surface area (Å²) in [4.78, 5) is 17.7. The van der Waals surface area contributed by atoms with Gasteiger partial charge in [-0.3, -0.25) is 4.90 Å². The molecule has 3 heterocycles. The Bertz CT molecular complexity index is 856. The number of alkyl halides is 6. The number of amides is 1. The third-order valence-electron chi connectivity index (χ3n) is 7.14. The van der Waals surface area contributed by atoms with Crippen LogP contribution in [-0.2, 0) is 11.3 Å². The molecule has 1 amide bonds. The van der Waals surface area contributed by atoms with Crippen LogP contribution < -0.4 is 4.90 Å². The lowest BCUT2D eigenvalue weighted by atomic mass is 10.0. The monoisotopic (exact) mass is 493 g/mol. The van der Waals surface area contributed by atoms with Gasteiger partial charge in [-0.1, -0.05) is 12.1 Å². The Hall–Kier alpha value is -2.17. The predicted octanol–water partition coefficient (Wildman–Crippen LogP) is 4.98. The highest BCUT2D eigenvalue weighted by atomic mass is 19.4. The quantitative estimate of drug-likeness (QED) is 0.555. The van der Waals surface area contributed by atoms with Gasteiger partial charge in [0.15, 0.2) is 0 Å². The summed E-state index contributed by atoms with van der Waals surface area (Å²) in [5.41, 5.74) is 3.68. The average Bonchev–Trinajstić information content (AvgIpc) is 3.31. The average molecular weight is 493 g/mol. The summed E-state index contributed by atoms with van der Waals surface area (Å²) in [6, 6.07) is 6.29. The van der Waals surface area contributed by atoms with Gasteiger partial charge in [0.25, 0.3) is 6.10 Å². The van der Waals surface area contributed by atoms with Gasteiger partial charge >= 0.3 is 18.4 Å². The number of fused-ring (bicyclic) bond motifs is 1. The minimum Gasteiger partial charge on any atom is -0.426 e. The van der Waals surface area contributed by atoms with E-state index in [9.17, 15) is 31.1 Å². The zero-order valence-electron chi connectivity index (χ0n) is 19.0. The molecule has 3 saturated heterocycles. The van der Waals surface area contributed by atoms with Crippen LogP contribution in [0.3, 0.4) is 0 Å². The molecule has 2 unspecified atom stereocenters. The van der Waals surface area contributed by atoms with Crippen LogP contribution >= 0.6 is 0 Å². The van der Waals surface area contributed by atoms with Crippen LogP contribution in [0.4, 0.5) is 36.8 Å². The van der Waals surface area contributed by atoms with Crippen molar-refractivity contribution in [2.45, 2.75) is 51.2 Å². The van der Waals surface area contributed by atoms with Crippen LogP contribution in [0.15, 0.2) is 18.2 Å². The molecule has 3 fully saturated rings. The summed E-state index contributed by atoms with van der Waals surface area (Å²) in [5, 5.41) is 0. The fourth-order valence-corrected chi connectivity index (χ4v) is 5.42. The van der Waals surface area contributed by atoms with E-state index in [1.165, 1.54) is 36.1 Å². The van der Waals surface area contributed by atoms with Crippen molar-refractivity contribution in [2.24, 2.45) is 11.8 Å². The molecular weight excluding hydrogens is 464 g/mol. The molecule has 0 aromatic heterocycles. The first kappa shape index (κ1) is 24.9. The van der Waals surface area contributed by atoms with E-state index in [1.807, 2.05) is 0 Å². The summed E-state index contributed by atoms with van der Waals surface area (Å²) < 4.78 is 80.1. The van der Waals surface area contributed by atoms with Gasteiger partial charge in [0, 0.05) is 51.5 Å². The van der Waals surface area contributed by atoms with Gasteiger partial charge in [0.1, 0.15) is 0 Å². The SMILES string of the molecule is Cc1c(CN2CC3CN(C(=O)OC(C(F)(F)F)C(F)(F)F)CC3C2)cccc1N1CCCCC1. The molecule has 34 heavy (non-hydrogen) atoms. The summed E-state index contributed by atoms with van der Waals surface area (Å²) >= 11 is 0. The van der Waals surface area contributed by atoms with Crippen molar-refractivity contribution in [3.05, 3.63) is 29.3 Å². The second-order valence-corrected chi connectivity index (χ2v) is 9.58. The molecule has 2 atom stereocenters. The number of rotatable bonds is 4. The van der Waals surface area contributed by atoms with E-state index in [4.69, 9.17) is 0 Å². The molecule has 0 spiro atoms. The van der Waals surface area contributed by atoms with E-state index >= 15 is 0 Å². The van der Waals surface area contributed by atoms with Gasteiger partial charge in [0.2, 0.25) is 0 Å². The van der Waals surface area contributed by atoms with Crippen molar-refractivity contribution in [2.75, 3.05) is 44.2 Å². The number of carbonyl (C=O) groups excluding carboxylic acids is 1. The topological polar surface area (TPSA) is 36.0 Å². The molecule has 0 saturated carbocycles. The summed E-state index contributed by atoms with van der Waals surface area (Å²) in [6.07, 6.45) is -13.5. The van der Waals surface area contributed by atoms with Crippen LogP contribution in [0.2, 0.25) is 0 Å². The van der Waals surface area contributed by atoms with E-state index in [2.05, 4.69) is 39.7 Å². The molecule has 0 aliphatic carbocycles. The van der Waals surface area contributed by atoms with E-state index in [0.717, 1.165) is 24.5 Å². The minimum absolute atomic E-state index is 0.00615. The van der Waals surface area contributed by atoms with Gasteiger partial charge in [-0.15, -0.1) is 0 Å². The van der Waals surface area contributed by atoms with E-state index in [0.29, 0.717) is 13.1 Å². The van der Waals surface area contributed by atoms with Gasteiger partial charge in [-0.25, -0.2) is 4.79 Å². The van der Waals surface area contributed by atoms with Gasteiger partial charge in [-0.05, 0) is 55.2 Å². The molecule has 1 aromatic rings. The molecule has 0 bridgehead atoms. The lowest BCUT2D eigenvalue weighted by Gasteiger charge is -2.31. The number of hydrogen-bond acceptors (Lipinski definition) is 4. The van der Waals surface area contributed by atoms with Crippen LogP contribution in [0, 0.1) is 18.8 Å². The maximum Gasteiger partial charge on any atom is 0.434 e. The number of ether oxygens (including phenoxy) is 1. The Morgan fingerprint density at radius 2 is 1.56 bits per heavy atom. The number of likely N-dealkylation sites (tertiary alicyclic amines) is 2. The zero-order chi connectivity index (χ0) is 24.7. The maximum absolute atomic E-state index is 12.7. The first-order valence-electron chi connectivity index (χ1n) is 11.6. The second-order valence-electron chi connectivity index (χ2n) is 9.58. The van der Waals surface area contributed by atoms with Crippen molar-refractivity contribution in [1.29, 1.82) is 0 Å². The molecule has 3 aliphatic rings. The number of anilines is 1. The van der Waals surface area contributed by atoms with Crippen LogP contribution in [-0.4, -0.2) is 73.6 Å². The molecular formula is C23H29F6N3O2. The minimum atomic E-state index is -5.71. The van der Waals surface area contributed by atoms with Crippen LogP contribution in [0.25, 0.3) is 0 Å².